The minimum absolute atomic E-state index is 0.235. The van der Waals surface area contributed by atoms with E-state index in [1.807, 2.05) is 6.92 Å². The van der Waals surface area contributed by atoms with Crippen LogP contribution in [0.1, 0.15) is 24.9 Å². The third-order valence-corrected chi connectivity index (χ3v) is 2.30. The van der Waals surface area contributed by atoms with Crippen molar-refractivity contribution in [3.8, 4) is 0 Å². The fraction of sp³-hybridized carbons (Fsp3) is 0.455. The standard InChI is InChI=1S/C11H16F2N2O/c1-2-16-6-5-11(15-14)8-3-4-9(12)10(13)7-8/h3-4,7,11,15H,2,5-6,14H2,1H3. The summed E-state index contributed by atoms with van der Waals surface area (Å²) in [5, 5.41) is 0. The zero-order valence-corrected chi connectivity index (χ0v) is 9.17. The lowest BCUT2D eigenvalue weighted by Crippen LogP contribution is -2.29. The molecule has 0 aliphatic rings. The van der Waals surface area contributed by atoms with E-state index in [0.29, 0.717) is 25.2 Å². The summed E-state index contributed by atoms with van der Waals surface area (Å²) in [5.74, 6) is 3.63. The zero-order valence-electron chi connectivity index (χ0n) is 9.17. The van der Waals surface area contributed by atoms with Gasteiger partial charge in [-0.25, -0.2) is 8.78 Å². The third kappa shape index (κ3) is 3.52. The monoisotopic (exact) mass is 230 g/mol. The van der Waals surface area contributed by atoms with E-state index in [1.165, 1.54) is 6.07 Å². The summed E-state index contributed by atoms with van der Waals surface area (Å²) in [6, 6.07) is 3.51. The average molecular weight is 230 g/mol. The third-order valence-electron chi connectivity index (χ3n) is 2.30. The van der Waals surface area contributed by atoms with Gasteiger partial charge in [0, 0.05) is 19.3 Å². The molecular formula is C11H16F2N2O. The van der Waals surface area contributed by atoms with Gasteiger partial charge >= 0.3 is 0 Å². The van der Waals surface area contributed by atoms with Crippen LogP contribution in [0.5, 0.6) is 0 Å². The van der Waals surface area contributed by atoms with Crippen molar-refractivity contribution in [1.29, 1.82) is 0 Å². The molecule has 0 spiro atoms. The number of halogens is 2. The Kier molecular flexibility index (Phi) is 5.31. The maximum atomic E-state index is 13.0. The summed E-state index contributed by atoms with van der Waals surface area (Å²) in [4.78, 5) is 0. The van der Waals surface area contributed by atoms with Gasteiger partial charge in [0.15, 0.2) is 11.6 Å². The van der Waals surface area contributed by atoms with E-state index in [2.05, 4.69) is 5.43 Å². The Bertz CT molecular complexity index is 334. The van der Waals surface area contributed by atoms with Gasteiger partial charge in [-0.2, -0.15) is 0 Å². The summed E-state index contributed by atoms with van der Waals surface area (Å²) >= 11 is 0. The van der Waals surface area contributed by atoms with Crippen molar-refractivity contribution < 1.29 is 13.5 Å². The molecule has 0 heterocycles. The first-order valence-electron chi connectivity index (χ1n) is 5.17. The molecule has 1 rings (SSSR count). The van der Waals surface area contributed by atoms with Crippen molar-refractivity contribution in [1.82, 2.24) is 5.43 Å². The molecule has 1 atom stereocenters. The molecule has 90 valence electrons. The highest BCUT2D eigenvalue weighted by atomic mass is 19.2. The van der Waals surface area contributed by atoms with Crippen molar-refractivity contribution in [3.63, 3.8) is 0 Å². The van der Waals surface area contributed by atoms with Crippen LogP contribution in [0.3, 0.4) is 0 Å². The van der Waals surface area contributed by atoms with Gasteiger partial charge in [0.2, 0.25) is 0 Å². The smallest absolute Gasteiger partial charge is 0.159 e. The fourth-order valence-electron chi connectivity index (χ4n) is 1.42. The van der Waals surface area contributed by atoms with Gasteiger partial charge in [0.1, 0.15) is 0 Å². The molecule has 1 unspecified atom stereocenters. The Morgan fingerprint density at radius 1 is 1.38 bits per heavy atom. The summed E-state index contributed by atoms with van der Waals surface area (Å²) < 4.78 is 30.9. The molecule has 0 saturated carbocycles. The molecule has 1 aromatic carbocycles. The Morgan fingerprint density at radius 2 is 2.12 bits per heavy atom. The highest BCUT2D eigenvalue weighted by Gasteiger charge is 2.12. The second-order valence-corrected chi connectivity index (χ2v) is 3.38. The van der Waals surface area contributed by atoms with Crippen molar-refractivity contribution in [2.24, 2.45) is 5.84 Å². The molecule has 0 saturated heterocycles. The zero-order chi connectivity index (χ0) is 12.0. The Morgan fingerprint density at radius 3 is 2.69 bits per heavy atom. The number of nitrogens with two attached hydrogens (primary N) is 1. The van der Waals surface area contributed by atoms with Gasteiger partial charge in [-0.15, -0.1) is 0 Å². The second-order valence-electron chi connectivity index (χ2n) is 3.38. The molecule has 16 heavy (non-hydrogen) atoms. The van der Waals surface area contributed by atoms with Gasteiger partial charge in [-0.1, -0.05) is 6.07 Å². The van der Waals surface area contributed by atoms with E-state index in [-0.39, 0.29) is 6.04 Å². The highest BCUT2D eigenvalue weighted by molar-refractivity contribution is 5.21. The topological polar surface area (TPSA) is 47.3 Å². The van der Waals surface area contributed by atoms with Crippen LogP contribution in [0, 0.1) is 11.6 Å². The first-order valence-corrected chi connectivity index (χ1v) is 5.17. The number of hydrogen-bond acceptors (Lipinski definition) is 3. The van der Waals surface area contributed by atoms with E-state index in [4.69, 9.17) is 10.6 Å². The van der Waals surface area contributed by atoms with Gasteiger partial charge in [-0.05, 0) is 31.0 Å². The van der Waals surface area contributed by atoms with Gasteiger partial charge in [0.25, 0.3) is 0 Å². The van der Waals surface area contributed by atoms with Gasteiger partial charge in [0.05, 0.1) is 0 Å². The molecule has 0 radical (unpaired) electrons. The van der Waals surface area contributed by atoms with Crippen molar-refractivity contribution in [2.45, 2.75) is 19.4 Å². The maximum Gasteiger partial charge on any atom is 0.159 e. The molecular weight excluding hydrogens is 214 g/mol. The van der Waals surface area contributed by atoms with Crippen LogP contribution < -0.4 is 11.3 Å². The lowest BCUT2D eigenvalue weighted by atomic mass is 10.0. The molecule has 1 aromatic rings. The predicted molar refractivity (Wildman–Crippen MR) is 57.5 cm³/mol. The van der Waals surface area contributed by atoms with Crippen LogP contribution >= 0.6 is 0 Å². The predicted octanol–water partition coefficient (Wildman–Crippen LogP) is 1.90. The summed E-state index contributed by atoms with van der Waals surface area (Å²) in [6.07, 6.45) is 0.607. The second kappa shape index (κ2) is 6.52. The lowest BCUT2D eigenvalue weighted by Gasteiger charge is -2.16. The molecule has 0 amide bonds. The van der Waals surface area contributed by atoms with Crippen LogP contribution in [0.25, 0.3) is 0 Å². The number of hydrazine groups is 1. The highest BCUT2D eigenvalue weighted by Crippen LogP contribution is 2.18. The first kappa shape index (κ1) is 13.0. The summed E-state index contributed by atoms with van der Waals surface area (Å²) in [5.41, 5.74) is 3.17. The van der Waals surface area contributed by atoms with E-state index < -0.39 is 11.6 Å². The van der Waals surface area contributed by atoms with Crippen LogP contribution in [0.15, 0.2) is 18.2 Å². The number of ether oxygens (including phenoxy) is 1. The number of nitrogens with one attached hydrogen (secondary N) is 1. The first-order chi connectivity index (χ1) is 7.69. The Hall–Kier alpha value is -1.04. The minimum Gasteiger partial charge on any atom is -0.382 e. The Balaban J connectivity index is 2.67. The lowest BCUT2D eigenvalue weighted by molar-refractivity contribution is 0.136. The average Bonchev–Trinajstić information content (AvgIpc) is 2.29. The molecule has 0 fully saturated rings. The molecule has 0 bridgehead atoms. The van der Waals surface area contributed by atoms with Crippen LogP contribution in [0.2, 0.25) is 0 Å². The molecule has 5 heteroatoms. The maximum absolute atomic E-state index is 13.0. The van der Waals surface area contributed by atoms with E-state index in [1.54, 1.807) is 0 Å². The van der Waals surface area contributed by atoms with Crippen LogP contribution in [-0.4, -0.2) is 13.2 Å². The normalized spacial score (nSPS) is 12.8. The fourth-order valence-corrected chi connectivity index (χ4v) is 1.42. The van der Waals surface area contributed by atoms with Crippen molar-refractivity contribution >= 4 is 0 Å². The van der Waals surface area contributed by atoms with E-state index in [9.17, 15) is 8.78 Å². The summed E-state index contributed by atoms with van der Waals surface area (Å²) in [7, 11) is 0. The number of benzene rings is 1. The van der Waals surface area contributed by atoms with Crippen LogP contribution in [0.4, 0.5) is 8.78 Å². The molecule has 0 aliphatic heterocycles. The SMILES string of the molecule is CCOCCC(NN)c1ccc(F)c(F)c1. The van der Waals surface area contributed by atoms with E-state index in [0.717, 1.165) is 12.1 Å². The molecule has 0 aliphatic carbocycles. The Labute approximate surface area is 93.6 Å². The van der Waals surface area contributed by atoms with Crippen molar-refractivity contribution in [3.05, 3.63) is 35.4 Å². The minimum atomic E-state index is -0.867. The van der Waals surface area contributed by atoms with Crippen molar-refractivity contribution in [2.75, 3.05) is 13.2 Å². The summed E-state index contributed by atoms with van der Waals surface area (Å²) in [6.45, 7) is 3.03. The largest absolute Gasteiger partial charge is 0.382 e. The van der Waals surface area contributed by atoms with Crippen LogP contribution in [-0.2, 0) is 4.74 Å². The van der Waals surface area contributed by atoms with E-state index >= 15 is 0 Å². The van der Waals surface area contributed by atoms with Gasteiger partial charge in [-0.3, -0.25) is 11.3 Å². The number of rotatable bonds is 6. The molecule has 3 nitrogen and oxygen atoms in total. The number of hydrogen-bond donors (Lipinski definition) is 2. The molecule has 0 aromatic heterocycles. The van der Waals surface area contributed by atoms with Gasteiger partial charge < -0.3 is 4.74 Å². The molecule has 3 N–H and O–H groups in total. The quantitative estimate of drug-likeness (QED) is 0.446.